The molecule has 0 aliphatic heterocycles. The number of carboxylic acid groups (broad SMARTS) is 1. The molecular weight excluding hydrogens is 303 g/mol. The van der Waals surface area contributed by atoms with E-state index < -0.39 is 5.97 Å². The molecular formula is C13H18Cl2N2O3. The van der Waals surface area contributed by atoms with Gasteiger partial charge in [-0.25, -0.2) is 9.78 Å². The predicted octanol–water partition coefficient (Wildman–Crippen LogP) is 2.99. The Morgan fingerprint density at radius 1 is 1.35 bits per heavy atom. The highest BCUT2D eigenvalue weighted by Gasteiger charge is 2.16. The van der Waals surface area contributed by atoms with Crippen LogP contribution in [0.3, 0.4) is 0 Å². The summed E-state index contributed by atoms with van der Waals surface area (Å²) in [6, 6.07) is 3.12. The molecule has 3 N–H and O–H groups in total. The number of pyridine rings is 1. The molecule has 1 heterocycles. The van der Waals surface area contributed by atoms with Gasteiger partial charge in [-0.3, -0.25) is 0 Å². The van der Waals surface area contributed by atoms with Crippen molar-refractivity contribution in [2.24, 2.45) is 5.73 Å². The van der Waals surface area contributed by atoms with Crippen LogP contribution in [0.5, 0.6) is 0 Å². The monoisotopic (exact) mass is 320 g/mol. The van der Waals surface area contributed by atoms with Gasteiger partial charge in [0.2, 0.25) is 0 Å². The van der Waals surface area contributed by atoms with Gasteiger partial charge in [-0.2, -0.15) is 0 Å². The number of halogens is 2. The normalized spacial score (nSPS) is 21.8. The zero-order chi connectivity index (χ0) is 15.1. The number of ether oxygens (including phenoxy) is 1. The first-order valence-electron chi connectivity index (χ1n) is 6.27. The van der Waals surface area contributed by atoms with Gasteiger partial charge in [0.15, 0.2) is 0 Å². The summed E-state index contributed by atoms with van der Waals surface area (Å²) in [7, 11) is 1.78. The van der Waals surface area contributed by atoms with Gasteiger partial charge in [0.1, 0.15) is 10.3 Å². The van der Waals surface area contributed by atoms with Gasteiger partial charge in [-0.1, -0.05) is 23.2 Å². The Morgan fingerprint density at radius 2 is 1.95 bits per heavy atom. The van der Waals surface area contributed by atoms with Crippen LogP contribution in [0.4, 0.5) is 0 Å². The molecule has 0 amide bonds. The molecule has 7 heteroatoms. The second kappa shape index (κ2) is 8.42. The van der Waals surface area contributed by atoms with Crippen molar-refractivity contribution in [1.82, 2.24) is 4.98 Å². The molecule has 0 radical (unpaired) electrons. The number of methoxy groups -OCH3 is 1. The van der Waals surface area contributed by atoms with Crippen molar-refractivity contribution in [1.29, 1.82) is 0 Å². The highest BCUT2D eigenvalue weighted by molar-refractivity contribution is 6.34. The summed E-state index contributed by atoms with van der Waals surface area (Å²) < 4.78 is 5.18. The van der Waals surface area contributed by atoms with E-state index in [9.17, 15) is 4.79 Å². The molecule has 0 unspecified atom stereocenters. The minimum atomic E-state index is -1.11. The minimum absolute atomic E-state index is 0.0453. The molecule has 1 saturated carbocycles. The molecule has 0 atom stereocenters. The molecule has 112 valence electrons. The largest absolute Gasteiger partial charge is 0.478 e. The Kier molecular flexibility index (Phi) is 7.23. The average Bonchev–Trinajstić information content (AvgIpc) is 2.40. The number of nitrogens with two attached hydrogens (primary N) is 1. The quantitative estimate of drug-likeness (QED) is 0.818. The summed E-state index contributed by atoms with van der Waals surface area (Å²) in [5.41, 5.74) is 5.65. The molecule has 1 aliphatic rings. The predicted molar refractivity (Wildman–Crippen MR) is 78.5 cm³/mol. The SMILES string of the molecule is CO[C@H]1CC[C@H](N)CC1.O=C(O)c1ccc(Cl)nc1Cl. The van der Waals surface area contributed by atoms with Crippen molar-refractivity contribution in [3.8, 4) is 0 Å². The summed E-state index contributed by atoms with van der Waals surface area (Å²) in [5.74, 6) is -1.11. The van der Waals surface area contributed by atoms with Crippen LogP contribution < -0.4 is 5.73 Å². The molecule has 0 saturated heterocycles. The standard InChI is InChI=1S/C7H15NO.C6H3Cl2NO2/c1-9-7-4-2-6(8)3-5-7;7-4-2-1-3(6(10)11)5(8)9-4/h6-7H,2-5,8H2,1H3;1-2H,(H,10,11)/t6-,7-;. The van der Waals surface area contributed by atoms with Crippen molar-refractivity contribution in [3.63, 3.8) is 0 Å². The lowest BCUT2D eigenvalue weighted by molar-refractivity contribution is 0.0664. The zero-order valence-corrected chi connectivity index (χ0v) is 12.7. The number of hydrogen-bond acceptors (Lipinski definition) is 4. The number of rotatable bonds is 2. The van der Waals surface area contributed by atoms with Crippen LogP contribution in [-0.4, -0.2) is 35.3 Å². The number of carboxylic acids is 1. The van der Waals surface area contributed by atoms with E-state index in [0.717, 1.165) is 25.7 Å². The van der Waals surface area contributed by atoms with E-state index in [1.54, 1.807) is 7.11 Å². The lowest BCUT2D eigenvalue weighted by atomic mass is 9.94. The van der Waals surface area contributed by atoms with Crippen LogP contribution >= 0.6 is 23.2 Å². The fraction of sp³-hybridized carbons (Fsp3) is 0.538. The Labute approximate surface area is 128 Å². The van der Waals surface area contributed by atoms with Crippen LogP contribution in [0.25, 0.3) is 0 Å². The molecule has 5 nitrogen and oxygen atoms in total. The maximum absolute atomic E-state index is 10.4. The molecule has 0 aromatic carbocycles. The Morgan fingerprint density at radius 3 is 2.40 bits per heavy atom. The van der Waals surface area contributed by atoms with Gasteiger partial charge in [0.05, 0.1) is 11.7 Å². The van der Waals surface area contributed by atoms with E-state index in [1.807, 2.05) is 0 Å². The zero-order valence-electron chi connectivity index (χ0n) is 11.2. The molecule has 1 fully saturated rings. The number of aromatic carboxylic acids is 1. The number of hydrogen-bond donors (Lipinski definition) is 2. The van der Waals surface area contributed by atoms with E-state index in [-0.39, 0.29) is 15.9 Å². The lowest BCUT2D eigenvalue weighted by Crippen LogP contribution is -2.29. The summed E-state index contributed by atoms with van der Waals surface area (Å²) >= 11 is 10.9. The summed E-state index contributed by atoms with van der Waals surface area (Å²) in [4.78, 5) is 13.9. The van der Waals surface area contributed by atoms with Crippen LogP contribution in [0.1, 0.15) is 36.0 Å². The van der Waals surface area contributed by atoms with E-state index in [4.69, 9.17) is 38.8 Å². The van der Waals surface area contributed by atoms with Gasteiger partial charge in [-0.05, 0) is 37.8 Å². The summed E-state index contributed by atoms with van der Waals surface area (Å²) in [6.45, 7) is 0. The van der Waals surface area contributed by atoms with Crippen LogP contribution in [-0.2, 0) is 4.74 Å². The highest BCUT2D eigenvalue weighted by Crippen LogP contribution is 2.18. The first kappa shape index (κ1) is 17.2. The summed E-state index contributed by atoms with van der Waals surface area (Å²) in [5, 5.41) is 8.58. The molecule has 1 aromatic rings. The smallest absolute Gasteiger partial charge is 0.338 e. The van der Waals surface area contributed by atoms with Gasteiger partial charge in [0, 0.05) is 13.2 Å². The van der Waals surface area contributed by atoms with Crippen LogP contribution in [0.2, 0.25) is 10.3 Å². The van der Waals surface area contributed by atoms with Gasteiger partial charge < -0.3 is 15.6 Å². The van der Waals surface area contributed by atoms with Crippen LogP contribution in [0.15, 0.2) is 12.1 Å². The molecule has 0 bridgehead atoms. The van der Waals surface area contributed by atoms with E-state index in [0.29, 0.717) is 12.1 Å². The second-order valence-electron chi connectivity index (χ2n) is 4.55. The first-order valence-corrected chi connectivity index (χ1v) is 7.03. The first-order chi connectivity index (χ1) is 9.43. The highest BCUT2D eigenvalue weighted by atomic mass is 35.5. The van der Waals surface area contributed by atoms with Crippen molar-refractivity contribution >= 4 is 29.2 Å². The number of aromatic nitrogens is 1. The van der Waals surface area contributed by atoms with Crippen molar-refractivity contribution < 1.29 is 14.6 Å². The Bertz CT molecular complexity index is 449. The van der Waals surface area contributed by atoms with Crippen molar-refractivity contribution in [2.45, 2.75) is 37.8 Å². The number of carbonyl (C=O) groups is 1. The lowest BCUT2D eigenvalue weighted by Gasteiger charge is -2.24. The maximum Gasteiger partial charge on any atom is 0.338 e. The maximum atomic E-state index is 10.4. The second-order valence-corrected chi connectivity index (χ2v) is 5.30. The average molecular weight is 321 g/mol. The summed E-state index contributed by atoms with van der Waals surface area (Å²) in [6.07, 6.45) is 5.07. The fourth-order valence-electron chi connectivity index (χ4n) is 1.90. The van der Waals surface area contributed by atoms with Crippen molar-refractivity contribution in [3.05, 3.63) is 28.0 Å². The number of nitrogens with zero attached hydrogens (tertiary/aromatic N) is 1. The Balaban J connectivity index is 0.000000204. The topological polar surface area (TPSA) is 85.4 Å². The minimum Gasteiger partial charge on any atom is -0.478 e. The van der Waals surface area contributed by atoms with E-state index in [2.05, 4.69) is 4.98 Å². The third kappa shape index (κ3) is 5.63. The van der Waals surface area contributed by atoms with E-state index >= 15 is 0 Å². The molecule has 1 aliphatic carbocycles. The van der Waals surface area contributed by atoms with Gasteiger partial charge >= 0.3 is 5.97 Å². The molecule has 1 aromatic heterocycles. The van der Waals surface area contributed by atoms with Gasteiger partial charge in [-0.15, -0.1) is 0 Å². The van der Waals surface area contributed by atoms with Crippen molar-refractivity contribution in [2.75, 3.05) is 7.11 Å². The molecule has 20 heavy (non-hydrogen) atoms. The third-order valence-electron chi connectivity index (χ3n) is 3.10. The fourth-order valence-corrected chi connectivity index (χ4v) is 2.32. The van der Waals surface area contributed by atoms with Gasteiger partial charge in [0.25, 0.3) is 0 Å². The third-order valence-corrected chi connectivity index (χ3v) is 3.60. The molecule has 2 rings (SSSR count). The van der Waals surface area contributed by atoms with Crippen LogP contribution in [0, 0.1) is 0 Å². The van der Waals surface area contributed by atoms with E-state index in [1.165, 1.54) is 12.1 Å². The molecule has 0 spiro atoms. The Hall–Kier alpha value is -0.880.